The average Bonchev–Trinajstić information content (AvgIpc) is 3.43. The van der Waals surface area contributed by atoms with Crippen LogP contribution in [0.4, 0.5) is 0 Å². The Bertz CT molecular complexity index is 948. The van der Waals surface area contributed by atoms with Crippen molar-refractivity contribution in [2.45, 2.75) is 102 Å². The first-order chi connectivity index (χ1) is 18.1. The van der Waals surface area contributed by atoms with Gasteiger partial charge in [0, 0.05) is 25.7 Å². The van der Waals surface area contributed by atoms with Gasteiger partial charge in [0.25, 0.3) is 0 Å². The zero-order valence-electron chi connectivity index (χ0n) is 23.7. The highest BCUT2D eigenvalue weighted by molar-refractivity contribution is 5.99. The number of carbonyl (C=O) groups excluding carboxylic acids is 3. The number of carbonyl (C=O) groups is 3. The quantitative estimate of drug-likeness (QED) is 0.416. The minimum Gasteiger partial charge on any atom is -0.394 e. The van der Waals surface area contributed by atoms with Gasteiger partial charge in [-0.2, -0.15) is 0 Å². The average molecular weight is 530 g/mol. The van der Waals surface area contributed by atoms with Crippen LogP contribution in [0.3, 0.4) is 0 Å². The molecule has 3 saturated heterocycles. The van der Waals surface area contributed by atoms with Gasteiger partial charge in [-0.25, -0.2) is 0 Å². The van der Waals surface area contributed by atoms with Gasteiger partial charge in [-0.05, 0) is 45.4 Å². The molecule has 212 valence electrons. The zero-order valence-corrected chi connectivity index (χ0v) is 23.7. The fourth-order valence-electron chi connectivity index (χ4n) is 7.92. The summed E-state index contributed by atoms with van der Waals surface area (Å²) >= 11 is 0. The van der Waals surface area contributed by atoms with Gasteiger partial charge in [0.2, 0.25) is 17.7 Å². The van der Waals surface area contributed by atoms with Gasteiger partial charge in [0.05, 0.1) is 30.1 Å². The number of fused-ring (bicyclic) bond motifs is 1. The van der Waals surface area contributed by atoms with Gasteiger partial charge >= 0.3 is 0 Å². The van der Waals surface area contributed by atoms with Crippen LogP contribution in [0.15, 0.2) is 25.3 Å². The van der Waals surface area contributed by atoms with Crippen LogP contribution in [0.5, 0.6) is 0 Å². The highest BCUT2D eigenvalue weighted by Gasteiger charge is 2.80. The van der Waals surface area contributed by atoms with Crippen molar-refractivity contribution in [3.8, 4) is 0 Å². The minimum atomic E-state index is -1.10. The molecular weight excluding hydrogens is 482 g/mol. The molecule has 0 radical (unpaired) electrons. The summed E-state index contributed by atoms with van der Waals surface area (Å²) in [5.41, 5.74) is -1.96. The van der Waals surface area contributed by atoms with Crippen LogP contribution in [0, 0.1) is 17.8 Å². The lowest BCUT2D eigenvalue weighted by Crippen LogP contribution is -2.60. The van der Waals surface area contributed by atoms with Crippen molar-refractivity contribution in [2.75, 3.05) is 26.2 Å². The van der Waals surface area contributed by atoms with E-state index in [1.165, 1.54) is 0 Å². The smallest absolute Gasteiger partial charge is 0.248 e. The monoisotopic (exact) mass is 529 g/mol. The Hall–Kier alpha value is -2.19. The minimum absolute atomic E-state index is 0.0186. The molecule has 1 aliphatic carbocycles. The van der Waals surface area contributed by atoms with Crippen molar-refractivity contribution < 1.29 is 24.2 Å². The molecule has 3 heterocycles. The number of ether oxygens (including phenoxy) is 1. The van der Waals surface area contributed by atoms with Crippen LogP contribution in [-0.4, -0.2) is 93.1 Å². The first kappa shape index (κ1) is 28.8. The van der Waals surface area contributed by atoms with Crippen molar-refractivity contribution in [2.24, 2.45) is 17.8 Å². The SMILES string of the molecule is C=CCN(CCC)C(=O)[C@H]1[C@H]2C(=O)N([C@H](C)CO)C(C(=O)N(CC=C)C3CCCCC3)C23CC(C)[C@]1(C)O3. The van der Waals surface area contributed by atoms with Crippen molar-refractivity contribution >= 4 is 17.7 Å². The predicted octanol–water partition coefficient (Wildman–Crippen LogP) is 3.15. The highest BCUT2D eigenvalue weighted by atomic mass is 16.5. The van der Waals surface area contributed by atoms with Crippen LogP contribution < -0.4 is 0 Å². The third-order valence-corrected chi connectivity index (χ3v) is 9.77. The third kappa shape index (κ3) is 4.32. The number of likely N-dealkylation sites (tertiary alicyclic amines) is 1. The summed E-state index contributed by atoms with van der Waals surface area (Å²) in [5, 5.41) is 10.2. The molecule has 0 aromatic rings. The number of hydrogen-bond acceptors (Lipinski definition) is 5. The summed E-state index contributed by atoms with van der Waals surface area (Å²) in [5.74, 6) is -1.99. The van der Waals surface area contributed by atoms with E-state index >= 15 is 0 Å². The Morgan fingerprint density at radius 3 is 2.42 bits per heavy atom. The Kier molecular flexibility index (Phi) is 8.43. The molecule has 1 spiro atoms. The number of nitrogens with zero attached hydrogens (tertiary/aromatic N) is 3. The van der Waals surface area contributed by atoms with Crippen LogP contribution in [0.1, 0.15) is 72.6 Å². The van der Waals surface area contributed by atoms with Crippen molar-refractivity contribution in [1.29, 1.82) is 0 Å². The Balaban J connectivity index is 1.81. The lowest BCUT2D eigenvalue weighted by atomic mass is 9.62. The number of hydrogen-bond donors (Lipinski definition) is 1. The lowest BCUT2D eigenvalue weighted by Gasteiger charge is -2.42. The first-order valence-electron chi connectivity index (χ1n) is 14.6. The molecule has 1 N–H and O–H groups in total. The van der Waals surface area contributed by atoms with E-state index in [2.05, 4.69) is 20.1 Å². The fraction of sp³-hybridized carbons (Fsp3) is 0.767. The molecule has 8 nitrogen and oxygen atoms in total. The summed E-state index contributed by atoms with van der Waals surface area (Å²) in [6.07, 6.45) is 9.92. The van der Waals surface area contributed by atoms with Crippen molar-refractivity contribution in [1.82, 2.24) is 14.7 Å². The van der Waals surface area contributed by atoms with E-state index in [9.17, 15) is 19.5 Å². The Labute approximate surface area is 228 Å². The molecule has 3 unspecified atom stereocenters. The van der Waals surface area contributed by atoms with Crippen LogP contribution in [0.25, 0.3) is 0 Å². The Morgan fingerprint density at radius 1 is 1.18 bits per heavy atom. The zero-order chi connectivity index (χ0) is 27.8. The van der Waals surface area contributed by atoms with Gasteiger partial charge < -0.3 is 24.5 Å². The number of aliphatic hydroxyl groups excluding tert-OH is 1. The maximum Gasteiger partial charge on any atom is 0.248 e. The van der Waals surface area contributed by atoms with E-state index in [1.54, 1.807) is 28.9 Å². The fourth-order valence-corrected chi connectivity index (χ4v) is 7.92. The lowest BCUT2D eigenvalue weighted by molar-refractivity contribution is -0.158. The maximum atomic E-state index is 14.6. The van der Waals surface area contributed by atoms with E-state index in [-0.39, 0.29) is 36.3 Å². The standard InChI is InChI=1S/C30H47N3O5/c1-7-15-31(16-8-2)26(35)23-24-27(36)33(21(5)19-34)25(30(24)18-20(4)29(23,6)38-30)28(37)32(17-9-3)22-13-11-10-12-14-22/h7,9,20-25,34H,1,3,8,10-19H2,2,4-6H3/t20?,21-,23-,24+,25?,29+,30?/m1/s1. The summed E-state index contributed by atoms with van der Waals surface area (Å²) in [4.78, 5) is 48.2. The maximum absolute atomic E-state index is 14.6. The number of aliphatic hydroxyl groups is 1. The summed E-state index contributed by atoms with van der Waals surface area (Å²) in [6, 6.07) is -1.37. The molecule has 3 aliphatic heterocycles. The van der Waals surface area contributed by atoms with Gasteiger partial charge in [-0.1, -0.05) is 45.3 Å². The largest absolute Gasteiger partial charge is 0.394 e. The Morgan fingerprint density at radius 2 is 1.84 bits per heavy atom. The van der Waals surface area contributed by atoms with E-state index in [4.69, 9.17) is 4.74 Å². The van der Waals surface area contributed by atoms with Crippen molar-refractivity contribution in [3.05, 3.63) is 25.3 Å². The molecular formula is C30H47N3O5. The van der Waals surface area contributed by atoms with E-state index in [0.29, 0.717) is 26.1 Å². The number of rotatable bonds is 11. The molecule has 4 fully saturated rings. The van der Waals surface area contributed by atoms with Crippen molar-refractivity contribution in [3.63, 3.8) is 0 Å². The molecule has 0 aromatic heterocycles. The summed E-state index contributed by atoms with van der Waals surface area (Å²) in [7, 11) is 0. The molecule has 0 aromatic carbocycles. The molecule has 2 bridgehead atoms. The normalized spacial score (nSPS) is 35.2. The van der Waals surface area contributed by atoms with Gasteiger partial charge in [0.15, 0.2) is 0 Å². The van der Waals surface area contributed by atoms with E-state index in [0.717, 1.165) is 38.5 Å². The molecule has 4 aliphatic rings. The second kappa shape index (κ2) is 11.1. The molecule has 7 atom stereocenters. The predicted molar refractivity (Wildman–Crippen MR) is 146 cm³/mol. The van der Waals surface area contributed by atoms with E-state index in [1.807, 2.05) is 18.7 Å². The van der Waals surface area contributed by atoms with Crippen LogP contribution >= 0.6 is 0 Å². The highest BCUT2D eigenvalue weighted by Crippen LogP contribution is 2.65. The second-order valence-corrected chi connectivity index (χ2v) is 12.1. The molecule has 8 heteroatoms. The van der Waals surface area contributed by atoms with Crippen LogP contribution in [0.2, 0.25) is 0 Å². The molecule has 4 rings (SSSR count). The number of amides is 3. The summed E-state index contributed by atoms with van der Waals surface area (Å²) in [6.45, 7) is 16.6. The second-order valence-electron chi connectivity index (χ2n) is 12.1. The molecule has 1 saturated carbocycles. The topological polar surface area (TPSA) is 90.4 Å². The van der Waals surface area contributed by atoms with Gasteiger partial charge in [0.1, 0.15) is 11.6 Å². The molecule has 3 amide bonds. The third-order valence-electron chi connectivity index (χ3n) is 9.77. The van der Waals surface area contributed by atoms with E-state index < -0.39 is 35.1 Å². The summed E-state index contributed by atoms with van der Waals surface area (Å²) < 4.78 is 6.88. The van der Waals surface area contributed by atoms with Crippen LogP contribution in [-0.2, 0) is 19.1 Å². The van der Waals surface area contributed by atoms with Gasteiger partial charge in [-0.15, -0.1) is 13.2 Å². The first-order valence-corrected chi connectivity index (χ1v) is 14.6. The van der Waals surface area contributed by atoms with Gasteiger partial charge in [-0.3, -0.25) is 14.4 Å². The molecule has 38 heavy (non-hydrogen) atoms.